The Morgan fingerprint density at radius 2 is 1.89 bits per heavy atom. The van der Waals surface area contributed by atoms with Crippen molar-refractivity contribution in [1.82, 2.24) is 4.90 Å². The van der Waals surface area contributed by atoms with Crippen LogP contribution in [-0.2, 0) is 20.7 Å². The molecule has 5 rings (SSSR count). The Morgan fingerprint density at radius 3 is 2.63 bits per heavy atom. The molecule has 184 valence electrons. The highest BCUT2D eigenvalue weighted by Crippen LogP contribution is 2.47. The molecule has 35 heavy (non-hydrogen) atoms. The van der Waals surface area contributed by atoms with E-state index < -0.39 is 24.2 Å². The lowest BCUT2D eigenvalue weighted by molar-refractivity contribution is -0.136. The van der Waals surface area contributed by atoms with Gasteiger partial charge in [0.25, 0.3) is 5.91 Å². The molecule has 2 heterocycles. The van der Waals surface area contributed by atoms with Gasteiger partial charge in [-0.1, -0.05) is 24.3 Å². The van der Waals surface area contributed by atoms with Crippen LogP contribution in [0.3, 0.4) is 0 Å². The van der Waals surface area contributed by atoms with Crippen LogP contribution in [-0.4, -0.2) is 49.1 Å². The molecular weight excluding hydrogens is 449 g/mol. The van der Waals surface area contributed by atoms with Gasteiger partial charge in [0, 0.05) is 6.54 Å². The average Bonchev–Trinajstić information content (AvgIpc) is 3.15. The SMILES string of the molecule is CCOc1cccc(C2C3=C(OC4CCC(F)CC4C3=O)C(=O)N2CCc2ccc(OC)cc2)c1. The summed E-state index contributed by atoms with van der Waals surface area (Å²) in [6.45, 7) is 2.81. The summed E-state index contributed by atoms with van der Waals surface area (Å²) in [6, 6.07) is 14.6. The first-order valence-electron chi connectivity index (χ1n) is 12.3. The summed E-state index contributed by atoms with van der Waals surface area (Å²) in [6.07, 6.45) is 0.0880. The number of methoxy groups -OCH3 is 1. The van der Waals surface area contributed by atoms with Gasteiger partial charge in [0.05, 0.1) is 31.2 Å². The number of rotatable bonds is 7. The summed E-state index contributed by atoms with van der Waals surface area (Å²) in [5.74, 6) is 0.575. The molecule has 0 N–H and O–H groups in total. The molecule has 1 saturated carbocycles. The second-order valence-corrected chi connectivity index (χ2v) is 9.28. The Bertz CT molecular complexity index is 1140. The van der Waals surface area contributed by atoms with E-state index in [0.29, 0.717) is 43.7 Å². The van der Waals surface area contributed by atoms with Gasteiger partial charge >= 0.3 is 0 Å². The maximum Gasteiger partial charge on any atom is 0.290 e. The predicted molar refractivity (Wildman–Crippen MR) is 128 cm³/mol. The number of halogens is 1. The van der Waals surface area contributed by atoms with Crippen molar-refractivity contribution in [3.63, 3.8) is 0 Å². The minimum Gasteiger partial charge on any atom is -0.497 e. The maximum atomic E-state index is 14.2. The Hall–Kier alpha value is -3.35. The molecule has 2 aromatic rings. The van der Waals surface area contributed by atoms with E-state index >= 15 is 0 Å². The lowest BCUT2D eigenvalue weighted by Crippen LogP contribution is -2.42. The van der Waals surface area contributed by atoms with Gasteiger partial charge in [-0.2, -0.15) is 0 Å². The molecule has 0 radical (unpaired) electrons. The first-order valence-corrected chi connectivity index (χ1v) is 12.3. The van der Waals surface area contributed by atoms with Crippen LogP contribution >= 0.6 is 0 Å². The number of amides is 1. The molecule has 4 unspecified atom stereocenters. The van der Waals surface area contributed by atoms with Gasteiger partial charge < -0.3 is 19.1 Å². The number of ketones is 1. The Labute approximate surface area is 204 Å². The van der Waals surface area contributed by atoms with E-state index in [1.165, 1.54) is 0 Å². The van der Waals surface area contributed by atoms with E-state index in [0.717, 1.165) is 16.9 Å². The average molecular weight is 480 g/mol. The second kappa shape index (κ2) is 9.72. The van der Waals surface area contributed by atoms with Crippen molar-refractivity contribution < 1.29 is 28.2 Å². The van der Waals surface area contributed by atoms with Crippen molar-refractivity contribution in [2.45, 2.75) is 50.9 Å². The van der Waals surface area contributed by atoms with Crippen LogP contribution in [0.2, 0.25) is 0 Å². The second-order valence-electron chi connectivity index (χ2n) is 9.28. The summed E-state index contributed by atoms with van der Waals surface area (Å²) < 4.78 is 31.3. The molecule has 0 bridgehead atoms. The highest BCUT2D eigenvalue weighted by atomic mass is 19.1. The number of carbonyl (C=O) groups excluding carboxylic acids is 2. The molecular formula is C28H30FNO5. The highest BCUT2D eigenvalue weighted by molar-refractivity contribution is 6.11. The maximum absolute atomic E-state index is 14.2. The van der Waals surface area contributed by atoms with Crippen molar-refractivity contribution in [3.8, 4) is 11.5 Å². The van der Waals surface area contributed by atoms with E-state index in [1.54, 1.807) is 12.0 Å². The Morgan fingerprint density at radius 1 is 1.09 bits per heavy atom. The predicted octanol–water partition coefficient (Wildman–Crippen LogP) is 4.58. The van der Waals surface area contributed by atoms with Gasteiger partial charge in [0.15, 0.2) is 11.5 Å². The Balaban J connectivity index is 1.49. The van der Waals surface area contributed by atoms with Gasteiger partial charge in [-0.05, 0) is 68.0 Å². The van der Waals surface area contributed by atoms with Crippen molar-refractivity contribution in [2.75, 3.05) is 20.3 Å². The number of nitrogens with zero attached hydrogens (tertiary/aromatic N) is 1. The number of benzene rings is 2. The number of Topliss-reactive ketones (excluding diaryl/α,β-unsaturated/α-hetero) is 1. The van der Waals surface area contributed by atoms with Crippen molar-refractivity contribution in [1.29, 1.82) is 0 Å². The third kappa shape index (κ3) is 4.40. The number of alkyl halides is 1. The topological polar surface area (TPSA) is 65.1 Å². The zero-order chi connectivity index (χ0) is 24.5. The molecule has 0 spiro atoms. The number of hydrogen-bond donors (Lipinski definition) is 0. The summed E-state index contributed by atoms with van der Waals surface area (Å²) in [7, 11) is 1.62. The molecule has 4 atom stereocenters. The fourth-order valence-corrected chi connectivity index (χ4v) is 5.42. The summed E-state index contributed by atoms with van der Waals surface area (Å²) in [4.78, 5) is 29.0. The minimum absolute atomic E-state index is 0.134. The molecule has 0 aromatic heterocycles. The van der Waals surface area contributed by atoms with Crippen LogP contribution < -0.4 is 9.47 Å². The molecule has 2 aliphatic heterocycles. The monoisotopic (exact) mass is 479 g/mol. The van der Waals surface area contributed by atoms with Crippen LogP contribution in [0, 0.1) is 5.92 Å². The quantitative estimate of drug-likeness (QED) is 0.582. The van der Waals surface area contributed by atoms with E-state index in [-0.39, 0.29) is 23.9 Å². The molecule has 3 aliphatic rings. The molecule has 0 saturated heterocycles. The Kier molecular flexibility index (Phi) is 6.50. The highest BCUT2D eigenvalue weighted by Gasteiger charge is 2.52. The molecule has 1 aliphatic carbocycles. The smallest absolute Gasteiger partial charge is 0.290 e. The first-order chi connectivity index (χ1) is 17.0. The standard InChI is InChI=1S/C28H30FNO5/c1-3-34-21-6-4-5-18(15-21)25-24-26(31)22-16-19(29)9-12-23(22)35-27(24)28(32)30(25)14-13-17-7-10-20(33-2)11-8-17/h4-8,10-11,15,19,22-23,25H,3,9,12-14,16H2,1-2H3. The lowest BCUT2D eigenvalue weighted by Gasteiger charge is -2.36. The van der Waals surface area contributed by atoms with E-state index in [9.17, 15) is 14.0 Å². The third-order valence-corrected chi connectivity index (χ3v) is 7.16. The fourth-order valence-electron chi connectivity index (χ4n) is 5.42. The van der Waals surface area contributed by atoms with Crippen LogP contribution in [0.4, 0.5) is 4.39 Å². The van der Waals surface area contributed by atoms with Crippen molar-refractivity contribution in [3.05, 3.63) is 71.0 Å². The number of ether oxygens (including phenoxy) is 3. The normalized spacial score (nSPS) is 25.7. The number of fused-ring (bicyclic) bond motifs is 1. The van der Waals surface area contributed by atoms with Crippen LogP contribution in [0.5, 0.6) is 11.5 Å². The molecule has 7 heteroatoms. The molecule has 1 amide bonds. The van der Waals surface area contributed by atoms with Crippen LogP contribution in [0.25, 0.3) is 0 Å². The minimum atomic E-state index is -1.02. The van der Waals surface area contributed by atoms with E-state index in [4.69, 9.17) is 14.2 Å². The first kappa shape index (κ1) is 23.4. The van der Waals surface area contributed by atoms with Crippen LogP contribution in [0.1, 0.15) is 43.4 Å². The largest absolute Gasteiger partial charge is 0.497 e. The zero-order valence-electron chi connectivity index (χ0n) is 20.0. The van der Waals surface area contributed by atoms with Crippen molar-refractivity contribution in [2.24, 2.45) is 5.92 Å². The zero-order valence-corrected chi connectivity index (χ0v) is 20.0. The van der Waals surface area contributed by atoms with Gasteiger partial charge in [0.2, 0.25) is 0 Å². The fraction of sp³-hybridized carbons (Fsp3) is 0.429. The van der Waals surface area contributed by atoms with Crippen LogP contribution in [0.15, 0.2) is 59.9 Å². The van der Waals surface area contributed by atoms with E-state index in [1.807, 2.05) is 55.5 Å². The molecule has 6 nitrogen and oxygen atoms in total. The van der Waals surface area contributed by atoms with Crippen molar-refractivity contribution >= 4 is 11.7 Å². The van der Waals surface area contributed by atoms with Gasteiger partial charge in [0.1, 0.15) is 23.8 Å². The summed E-state index contributed by atoms with van der Waals surface area (Å²) in [5, 5.41) is 0. The molecule has 1 fully saturated rings. The summed E-state index contributed by atoms with van der Waals surface area (Å²) in [5.41, 5.74) is 2.19. The lowest BCUT2D eigenvalue weighted by atomic mass is 9.77. The van der Waals surface area contributed by atoms with Gasteiger partial charge in [-0.25, -0.2) is 4.39 Å². The van der Waals surface area contributed by atoms with Gasteiger partial charge in [-0.15, -0.1) is 0 Å². The third-order valence-electron chi connectivity index (χ3n) is 7.16. The van der Waals surface area contributed by atoms with E-state index in [2.05, 4.69) is 0 Å². The molecule has 2 aromatic carbocycles. The number of carbonyl (C=O) groups is 2. The van der Waals surface area contributed by atoms with Gasteiger partial charge in [-0.3, -0.25) is 9.59 Å². The summed E-state index contributed by atoms with van der Waals surface area (Å²) >= 11 is 0. The number of hydrogen-bond acceptors (Lipinski definition) is 5.